The minimum absolute atomic E-state index is 0.0955. The van der Waals surface area contributed by atoms with Crippen molar-refractivity contribution in [1.82, 2.24) is 0 Å². The number of aliphatic hydroxyl groups is 1. The summed E-state index contributed by atoms with van der Waals surface area (Å²) in [4.78, 5) is 0. The first-order valence-corrected chi connectivity index (χ1v) is 4.22. The summed E-state index contributed by atoms with van der Waals surface area (Å²) in [6.45, 7) is -1.27. The van der Waals surface area contributed by atoms with E-state index in [2.05, 4.69) is 0 Å². The van der Waals surface area contributed by atoms with E-state index in [0.717, 1.165) is 0 Å². The summed E-state index contributed by atoms with van der Waals surface area (Å²) >= 11 is 5.65. The van der Waals surface area contributed by atoms with Crippen LogP contribution < -0.4 is 4.74 Å². The van der Waals surface area contributed by atoms with Gasteiger partial charge in [-0.2, -0.15) is 8.78 Å². The van der Waals surface area contributed by atoms with Crippen LogP contribution in [0.4, 0.5) is 8.78 Å². The first kappa shape index (κ1) is 11.2. The van der Waals surface area contributed by atoms with Gasteiger partial charge in [0, 0.05) is 0 Å². The highest BCUT2D eigenvalue weighted by Crippen LogP contribution is 2.38. The fourth-order valence-corrected chi connectivity index (χ4v) is 1.34. The minimum Gasteiger partial charge on any atom is -0.495 e. The second-order valence-corrected chi connectivity index (χ2v) is 3.09. The SMILES string of the molecule is COc1c(Cl)cccc1C(F)(F)CO. The monoisotopic (exact) mass is 222 g/mol. The molecule has 1 N–H and O–H groups in total. The van der Waals surface area contributed by atoms with Crippen molar-refractivity contribution in [3.8, 4) is 5.75 Å². The Morgan fingerprint density at radius 1 is 1.50 bits per heavy atom. The quantitative estimate of drug-likeness (QED) is 0.851. The summed E-state index contributed by atoms with van der Waals surface area (Å²) in [5.41, 5.74) is -0.407. The summed E-state index contributed by atoms with van der Waals surface area (Å²) in [5.74, 6) is -3.44. The minimum atomic E-state index is -3.34. The van der Waals surface area contributed by atoms with Crippen molar-refractivity contribution in [3.05, 3.63) is 28.8 Å². The molecule has 5 heteroatoms. The fourth-order valence-electron chi connectivity index (χ4n) is 1.09. The first-order chi connectivity index (χ1) is 6.53. The third kappa shape index (κ3) is 1.96. The molecule has 0 saturated carbocycles. The molecule has 0 amide bonds. The lowest BCUT2D eigenvalue weighted by Gasteiger charge is -2.17. The summed E-state index contributed by atoms with van der Waals surface area (Å²) < 4.78 is 31.0. The number of halogens is 3. The second kappa shape index (κ2) is 4.11. The summed E-state index contributed by atoms with van der Waals surface area (Å²) in [7, 11) is 1.25. The van der Waals surface area contributed by atoms with Gasteiger partial charge in [-0.05, 0) is 12.1 Å². The maximum atomic E-state index is 13.1. The van der Waals surface area contributed by atoms with Crippen molar-refractivity contribution in [3.63, 3.8) is 0 Å². The summed E-state index contributed by atoms with van der Waals surface area (Å²) in [6, 6.07) is 3.99. The number of methoxy groups -OCH3 is 1. The summed E-state index contributed by atoms with van der Waals surface area (Å²) in [5, 5.41) is 8.61. The van der Waals surface area contributed by atoms with Crippen LogP contribution in [-0.4, -0.2) is 18.8 Å². The molecule has 0 aliphatic heterocycles. The Hall–Kier alpha value is -0.870. The lowest BCUT2D eigenvalue weighted by Crippen LogP contribution is -2.19. The van der Waals surface area contributed by atoms with Gasteiger partial charge in [0.1, 0.15) is 12.4 Å². The van der Waals surface area contributed by atoms with Crippen LogP contribution in [-0.2, 0) is 5.92 Å². The molecule has 0 atom stereocenters. The van der Waals surface area contributed by atoms with E-state index in [1.54, 1.807) is 0 Å². The highest BCUT2D eigenvalue weighted by atomic mass is 35.5. The predicted octanol–water partition coefficient (Wildman–Crippen LogP) is 2.43. The molecule has 0 bridgehead atoms. The number of hydrogen-bond acceptors (Lipinski definition) is 2. The topological polar surface area (TPSA) is 29.5 Å². The van der Waals surface area contributed by atoms with Crippen molar-refractivity contribution in [2.45, 2.75) is 5.92 Å². The number of aliphatic hydroxyl groups excluding tert-OH is 1. The zero-order chi connectivity index (χ0) is 10.8. The molecule has 78 valence electrons. The molecule has 1 aromatic carbocycles. The van der Waals surface area contributed by atoms with Gasteiger partial charge in [-0.3, -0.25) is 0 Å². The van der Waals surface area contributed by atoms with E-state index < -0.39 is 18.1 Å². The van der Waals surface area contributed by atoms with Crippen molar-refractivity contribution in [2.75, 3.05) is 13.7 Å². The van der Waals surface area contributed by atoms with Crippen LogP contribution in [0.25, 0.3) is 0 Å². The van der Waals surface area contributed by atoms with E-state index in [9.17, 15) is 8.78 Å². The third-order valence-corrected chi connectivity index (χ3v) is 2.06. The van der Waals surface area contributed by atoms with Gasteiger partial charge in [0.2, 0.25) is 0 Å². The van der Waals surface area contributed by atoms with Gasteiger partial charge in [-0.25, -0.2) is 0 Å². The number of rotatable bonds is 3. The molecule has 0 fully saturated rings. The van der Waals surface area contributed by atoms with Gasteiger partial charge in [-0.1, -0.05) is 17.7 Å². The molecule has 0 aliphatic carbocycles. The Morgan fingerprint density at radius 3 is 2.64 bits per heavy atom. The molecule has 0 unspecified atom stereocenters. The van der Waals surface area contributed by atoms with Crippen LogP contribution in [0, 0.1) is 0 Å². The van der Waals surface area contributed by atoms with Crippen molar-refractivity contribution >= 4 is 11.6 Å². The fraction of sp³-hybridized carbons (Fsp3) is 0.333. The normalized spacial score (nSPS) is 11.5. The van der Waals surface area contributed by atoms with Crippen molar-refractivity contribution in [2.24, 2.45) is 0 Å². The summed E-state index contributed by atoms with van der Waals surface area (Å²) in [6.07, 6.45) is 0. The number of para-hydroxylation sites is 1. The Morgan fingerprint density at radius 2 is 2.14 bits per heavy atom. The zero-order valence-corrected chi connectivity index (χ0v) is 8.18. The Bertz CT molecular complexity index is 329. The molecule has 0 heterocycles. The lowest BCUT2D eigenvalue weighted by atomic mass is 10.1. The highest BCUT2D eigenvalue weighted by Gasteiger charge is 2.34. The molecule has 0 saturated heterocycles. The van der Waals surface area contributed by atoms with Crippen molar-refractivity contribution in [1.29, 1.82) is 0 Å². The zero-order valence-electron chi connectivity index (χ0n) is 7.43. The van der Waals surface area contributed by atoms with Gasteiger partial charge in [0.25, 0.3) is 5.92 Å². The Labute approximate surface area is 85.1 Å². The molecular weight excluding hydrogens is 214 g/mol. The predicted molar refractivity (Wildman–Crippen MR) is 49.0 cm³/mol. The van der Waals surface area contributed by atoms with E-state index in [1.165, 1.54) is 25.3 Å². The van der Waals surface area contributed by atoms with Gasteiger partial charge < -0.3 is 9.84 Å². The maximum Gasteiger partial charge on any atom is 0.299 e. The van der Waals surface area contributed by atoms with Gasteiger partial charge in [0.05, 0.1) is 17.7 Å². The van der Waals surface area contributed by atoms with E-state index in [-0.39, 0.29) is 10.8 Å². The average molecular weight is 223 g/mol. The van der Waals surface area contributed by atoms with Gasteiger partial charge in [-0.15, -0.1) is 0 Å². The number of benzene rings is 1. The van der Waals surface area contributed by atoms with Crippen LogP contribution >= 0.6 is 11.6 Å². The Kier molecular flexibility index (Phi) is 3.29. The third-order valence-electron chi connectivity index (χ3n) is 1.76. The number of ether oxygens (including phenoxy) is 1. The lowest BCUT2D eigenvalue weighted by molar-refractivity contribution is -0.0571. The van der Waals surface area contributed by atoms with E-state index in [1.807, 2.05) is 0 Å². The van der Waals surface area contributed by atoms with E-state index >= 15 is 0 Å². The second-order valence-electron chi connectivity index (χ2n) is 2.68. The molecule has 14 heavy (non-hydrogen) atoms. The molecule has 0 radical (unpaired) electrons. The first-order valence-electron chi connectivity index (χ1n) is 3.84. The number of hydrogen-bond donors (Lipinski definition) is 1. The van der Waals surface area contributed by atoms with Crippen LogP contribution in [0.5, 0.6) is 5.75 Å². The van der Waals surface area contributed by atoms with Gasteiger partial charge >= 0.3 is 0 Å². The van der Waals surface area contributed by atoms with Crippen molar-refractivity contribution < 1.29 is 18.6 Å². The standard InChI is InChI=1S/C9H9ClF2O2/c1-14-8-6(9(11,12)5-13)3-2-4-7(8)10/h2-4,13H,5H2,1H3. The molecule has 0 spiro atoms. The van der Waals surface area contributed by atoms with Crippen LogP contribution in [0.2, 0.25) is 5.02 Å². The molecule has 0 aliphatic rings. The van der Waals surface area contributed by atoms with E-state index in [0.29, 0.717) is 0 Å². The van der Waals surface area contributed by atoms with Gasteiger partial charge in [0.15, 0.2) is 0 Å². The van der Waals surface area contributed by atoms with E-state index in [4.69, 9.17) is 21.4 Å². The van der Waals surface area contributed by atoms with Crippen LogP contribution in [0.1, 0.15) is 5.56 Å². The van der Waals surface area contributed by atoms with Crippen LogP contribution in [0.15, 0.2) is 18.2 Å². The molecular formula is C9H9ClF2O2. The maximum absolute atomic E-state index is 13.1. The molecule has 2 nitrogen and oxygen atoms in total. The number of alkyl halides is 2. The Balaban J connectivity index is 3.27. The molecule has 1 rings (SSSR count). The molecule has 0 aromatic heterocycles. The smallest absolute Gasteiger partial charge is 0.299 e. The van der Waals surface area contributed by atoms with Crippen LogP contribution in [0.3, 0.4) is 0 Å². The highest BCUT2D eigenvalue weighted by molar-refractivity contribution is 6.32. The largest absolute Gasteiger partial charge is 0.495 e. The molecule has 1 aromatic rings. The average Bonchev–Trinajstić information content (AvgIpc) is 2.17.